The Balaban J connectivity index is 1.94. The van der Waals surface area contributed by atoms with Crippen molar-refractivity contribution in [2.45, 2.75) is 32.0 Å². The molecule has 3 N–H and O–H groups in total. The number of hydrogen-bond acceptors (Lipinski definition) is 3. The number of rotatable bonds is 0. The average molecular weight is 169 g/mol. The molecule has 0 amide bonds. The van der Waals surface area contributed by atoms with E-state index in [9.17, 15) is 0 Å². The molecule has 2 heterocycles. The summed E-state index contributed by atoms with van der Waals surface area (Å²) in [5.41, 5.74) is 5.82. The quantitative estimate of drug-likeness (QED) is 0.535. The minimum Gasteiger partial charge on any atom is -0.315 e. The van der Waals surface area contributed by atoms with Gasteiger partial charge in [0.05, 0.1) is 6.17 Å². The summed E-state index contributed by atoms with van der Waals surface area (Å²) >= 11 is 0. The molecular formula is C9H19N3. The molecule has 0 aromatic heterocycles. The van der Waals surface area contributed by atoms with Crippen molar-refractivity contribution < 1.29 is 0 Å². The maximum Gasteiger partial charge on any atom is 0.0678 e. The van der Waals surface area contributed by atoms with Crippen LogP contribution in [0.2, 0.25) is 0 Å². The van der Waals surface area contributed by atoms with E-state index < -0.39 is 0 Å². The van der Waals surface area contributed by atoms with Gasteiger partial charge in [0, 0.05) is 19.1 Å². The van der Waals surface area contributed by atoms with Gasteiger partial charge in [-0.05, 0) is 25.3 Å². The predicted molar refractivity (Wildman–Crippen MR) is 49.7 cm³/mol. The smallest absolute Gasteiger partial charge is 0.0678 e. The lowest BCUT2D eigenvalue weighted by molar-refractivity contribution is 0.0744. The SMILES string of the molecule is CC1CCN2CC(N)NCC2C1. The van der Waals surface area contributed by atoms with E-state index in [4.69, 9.17) is 5.73 Å². The van der Waals surface area contributed by atoms with E-state index >= 15 is 0 Å². The molecule has 2 rings (SSSR count). The summed E-state index contributed by atoms with van der Waals surface area (Å²) in [6.45, 7) is 5.73. The Labute approximate surface area is 74.3 Å². The van der Waals surface area contributed by atoms with Gasteiger partial charge >= 0.3 is 0 Å². The van der Waals surface area contributed by atoms with Crippen LogP contribution in [-0.2, 0) is 0 Å². The van der Waals surface area contributed by atoms with E-state index in [0.29, 0.717) is 0 Å². The zero-order chi connectivity index (χ0) is 8.55. The average Bonchev–Trinajstić information content (AvgIpc) is 2.05. The molecule has 3 nitrogen and oxygen atoms in total. The summed E-state index contributed by atoms with van der Waals surface area (Å²) in [6.07, 6.45) is 2.90. The lowest BCUT2D eigenvalue weighted by atomic mass is 9.91. The van der Waals surface area contributed by atoms with Gasteiger partial charge in [-0.3, -0.25) is 10.2 Å². The molecule has 0 saturated carbocycles. The lowest BCUT2D eigenvalue weighted by Crippen LogP contribution is -2.61. The molecule has 0 aromatic carbocycles. The van der Waals surface area contributed by atoms with Gasteiger partial charge < -0.3 is 5.73 Å². The largest absolute Gasteiger partial charge is 0.315 e. The van der Waals surface area contributed by atoms with Crippen molar-refractivity contribution in [3.8, 4) is 0 Å². The van der Waals surface area contributed by atoms with Crippen LogP contribution in [0.3, 0.4) is 0 Å². The monoisotopic (exact) mass is 169 g/mol. The zero-order valence-corrected chi connectivity index (χ0v) is 7.79. The van der Waals surface area contributed by atoms with Crippen LogP contribution in [0.5, 0.6) is 0 Å². The minimum atomic E-state index is 0.203. The fraction of sp³-hybridized carbons (Fsp3) is 1.00. The molecule has 2 fully saturated rings. The standard InChI is InChI=1S/C9H19N3/c1-7-2-3-12-6-9(10)11-5-8(12)4-7/h7-9,11H,2-6,10H2,1H3. The van der Waals surface area contributed by atoms with Crippen LogP contribution in [0.25, 0.3) is 0 Å². The Morgan fingerprint density at radius 3 is 3.17 bits per heavy atom. The van der Waals surface area contributed by atoms with Gasteiger partial charge in [0.25, 0.3) is 0 Å². The van der Waals surface area contributed by atoms with Crippen molar-refractivity contribution in [3.05, 3.63) is 0 Å². The molecule has 3 atom stereocenters. The van der Waals surface area contributed by atoms with Gasteiger partial charge in [0.2, 0.25) is 0 Å². The number of hydrogen-bond donors (Lipinski definition) is 2. The Hall–Kier alpha value is -0.120. The molecule has 0 aliphatic carbocycles. The predicted octanol–water partition coefficient (Wildman–Crippen LogP) is -0.0251. The van der Waals surface area contributed by atoms with Gasteiger partial charge in [0.15, 0.2) is 0 Å². The first kappa shape index (κ1) is 8.48. The third kappa shape index (κ3) is 1.63. The number of nitrogens with two attached hydrogens (primary N) is 1. The van der Waals surface area contributed by atoms with Crippen molar-refractivity contribution in [3.63, 3.8) is 0 Å². The summed E-state index contributed by atoms with van der Waals surface area (Å²) in [5.74, 6) is 0.905. The van der Waals surface area contributed by atoms with E-state index in [1.165, 1.54) is 19.4 Å². The third-order valence-electron chi connectivity index (χ3n) is 3.15. The second-order valence-electron chi connectivity index (χ2n) is 4.29. The number of piperidine rings is 1. The van der Waals surface area contributed by atoms with Gasteiger partial charge in [-0.1, -0.05) is 6.92 Å². The van der Waals surface area contributed by atoms with Crippen LogP contribution >= 0.6 is 0 Å². The highest BCUT2D eigenvalue weighted by Gasteiger charge is 2.30. The maximum absolute atomic E-state index is 5.82. The van der Waals surface area contributed by atoms with E-state index in [2.05, 4.69) is 17.1 Å². The highest BCUT2D eigenvalue weighted by Crippen LogP contribution is 2.23. The normalized spacial score (nSPS) is 44.0. The van der Waals surface area contributed by atoms with Gasteiger partial charge in [-0.15, -0.1) is 0 Å². The van der Waals surface area contributed by atoms with Gasteiger partial charge in [0.1, 0.15) is 0 Å². The van der Waals surface area contributed by atoms with Crippen molar-refractivity contribution in [2.75, 3.05) is 19.6 Å². The second-order valence-corrected chi connectivity index (χ2v) is 4.29. The first-order valence-electron chi connectivity index (χ1n) is 4.98. The minimum absolute atomic E-state index is 0.203. The highest BCUT2D eigenvalue weighted by molar-refractivity contribution is 4.87. The van der Waals surface area contributed by atoms with Crippen molar-refractivity contribution in [2.24, 2.45) is 11.7 Å². The summed E-state index contributed by atoms with van der Waals surface area (Å²) < 4.78 is 0. The summed E-state index contributed by atoms with van der Waals surface area (Å²) in [4.78, 5) is 2.54. The first-order valence-corrected chi connectivity index (χ1v) is 4.98. The molecule has 3 unspecified atom stereocenters. The molecule has 12 heavy (non-hydrogen) atoms. The van der Waals surface area contributed by atoms with E-state index in [1.807, 2.05) is 0 Å². The van der Waals surface area contributed by atoms with E-state index in [-0.39, 0.29) is 6.17 Å². The highest BCUT2D eigenvalue weighted by atomic mass is 15.3. The molecule has 2 aliphatic heterocycles. The third-order valence-corrected chi connectivity index (χ3v) is 3.15. The van der Waals surface area contributed by atoms with Crippen molar-refractivity contribution in [1.82, 2.24) is 10.2 Å². The topological polar surface area (TPSA) is 41.3 Å². The van der Waals surface area contributed by atoms with Crippen LogP contribution < -0.4 is 11.1 Å². The number of fused-ring (bicyclic) bond motifs is 1. The summed E-state index contributed by atoms with van der Waals surface area (Å²) in [6, 6.07) is 0.758. The molecular weight excluding hydrogens is 150 g/mol. The molecule has 0 bridgehead atoms. The van der Waals surface area contributed by atoms with E-state index in [1.54, 1.807) is 0 Å². The number of piperazine rings is 1. The Morgan fingerprint density at radius 1 is 1.50 bits per heavy atom. The number of nitrogens with one attached hydrogen (secondary N) is 1. The molecule has 2 aliphatic rings. The second kappa shape index (κ2) is 3.32. The summed E-state index contributed by atoms with van der Waals surface area (Å²) in [7, 11) is 0. The van der Waals surface area contributed by atoms with Crippen LogP contribution in [0.4, 0.5) is 0 Å². The molecule has 3 heteroatoms. The number of nitrogens with zero attached hydrogens (tertiary/aromatic N) is 1. The first-order chi connectivity index (χ1) is 5.75. The van der Waals surface area contributed by atoms with E-state index in [0.717, 1.165) is 25.0 Å². The Morgan fingerprint density at radius 2 is 2.33 bits per heavy atom. The maximum atomic E-state index is 5.82. The fourth-order valence-electron chi connectivity index (χ4n) is 2.36. The lowest BCUT2D eigenvalue weighted by Gasteiger charge is -2.44. The van der Waals surface area contributed by atoms with Crippen molar-refractivity contribution >= 4 is 0 Å². The van der Waals surface area contributed by atoms with Gasteiger partial charge in [-0.2, -0.15) is 0 Å². The zero-order valence-electron chi connectivity index (χ0n) is 7.79. The Bertz CT molecular complexity index is 142. The van der Waals surface area contributed by atoms with Crippen LogP contribution in [-0.4, -0.2) is 36.7 Å². The van der Waals surface area contributed by atoms with Gasteiger partial charge in [-0.25, -0.2) is 0 Å². The van der Waals surface area contributed by atoms with Crippen molar-refractivity contribution in [1.29, 1.82) is 0 Å². The molecule has 2 saturated heterocycles. The fourth-order valence-corrected chi connectivity index (χ4v) is 2.36. The molecule has 0 aromatic rings. The van der Waals surface area contributed by atoms with Crippen LogP contribution in [0.15, 0.2) is 0 Å². The molecule has 0 radical (unpaired) electrons. The summed E-state index contributed by atoms with van der Waals surface area (Å²) in [5, 5.41) is 3.34. The molecule has 70 valence electrons. The van der Waals surface area contributed by atoms with Crippen LogP contribution in [0, 0.1) is 5.92 Å². The van der Waals surface area contributed by atoms with Crippen LogP contribution in [0.1, 0.15) is 19.8 Å². The molecule has 0 spiro atoms. The Kier molecular flexibility index (Phi) is 2.35.